The highest BCUT2D eigenvalue weighted by atomic mass is 127. The molecule has 28 heavy (non-hydrogen) atoms. The van der Waals surface area contributed by atoms with Gasteiger partial charge in [0.1, 0.15) is 11.4 Å². The fraction of sp³-hybridized carbons (Fsp3) is 0.409. The van der Waals surface area contributed by atoms with Crippen molar-refractivity contribution in [1.29, 1.82) is 0 Å². The maximum absolute atomic E-state index is 11.0. The minimum atomic E-state index is -0.866. The van der Waals surface area contributed by atoms with Crippen LogP contribution in [-0.4, -0.2) is 37.8 Å². The third-order valence-electron chi connectivity index (χ3n) is 5.03. The van der Waals surface area contributed by atoms with Crippen molar-refractivity contribution in [3.63, 3.8) is 0 Å². The van der Waals surface area contributed by atoms with Gasteiger partial charge in [-0.05, 0) is 55.0 Å². The number of rotatable bonds is 7. The van der Waals surface area contributed by atoms with Crippen LogP contribution in [0.1, 0.15) is 30.0 Å². The van der Waals surface area contributed by atoms with E-state index in [1.807, 2.05) is 37.3 Å². The zero-order valence-corrected chi connectivity index (χ0v) is 18.9. The molecule has 0 saturated heterocycles. The fourth-order valence-corrected chi connectivity index (χ4v) is 3.50. The zero-order valence-electron chi connectivity index (χ0n) is 16.6. The van der Waals surface area contributed by atoms with Gasteiger partial charge in [0, 0.05) is 13.1 Å². The van der Waals surface area contributed by atoms with Crippen molar-refractivity contribution in [3.05, 3.63) is 65.2 Å². The largest absolute Gasteiger partial charge is 0.497 e. The van der Waals surface area contributed by atoms with Gasteiger partial charge < -0.3 is 20.5 Å². The van der Waals surface area contributed by atoms with E-state index in [4.69, 9.17) is 4.74 Å². The van der Waals surface area contributed by atoms with Crippen LogP contribution >= 0.6 is 24.0 Å². The van der Waals surface area contributed by atoms with Crippen LogP contribution in [0.4, 0.5) is 0 Å². The Morgan fingerprint density at radius 2 is 1.89 bits per heavy atom. The lowest BCUT2D eigenvalue weighted by atomic mass is 9.96. The second kappa shape index (κ2) is 10.7. The Bertz CT molecular complexity index is 780. The second-order valence-corrected chi connectivity index (χ2v) is 6.91. The second-order valence-electron chi connectivity index (χ2n) is 6.91. The van der Waals surface area contributed by atoms with Crippen LogP contribution in [0.15, 0.2) is 53.5 Å². The number of nitrogens with one attached hydrogen (secondary N) is 2. The summed E-state index contributed by atoms with van der Waals surface area (Å²) in [6.45, 7) is 3.96. The first kappa shape index (κ1) is 22.5. The molecule has 2 aromatic carbocycles. The molecule has 0 spiro atoms. The van der Waals surface area contributed by atoms with Gasteiger partial charge >= 0.3 is 0 Å². The minimum Gasteiger partial charge on any atom is -0.497 e. The first-order valence-corrected chi connectivity index (χ1v) is 9.60. The molecule has 0 bridgehead atoms. The summed E-state index contributed by atoms with van der Waals surface area (Å²) in [5.74, 6) is 1.61. The van der Waals surface area contributed by atoms with Crippen molar-refractivity contribution in [1.82, 2.24) is 10.6 Å². The smallest absolute Gasteiger partial charge is 0.191 e. The molecule has 2 aromatic rings. The Morgan fingerprint density at radius 1 is 1.14 bits per heavy atom. The number of hydrogen-bond donors (Lipinski definition) is 3. The van der Waals surface area contributed by atoms with Gasteiger partial charge in [-0.1, -0.05) is 36.4 Å². The molecule has 1 atom stereocenters. The molecular weight excluding hydrogens is 465 g/mol. The number of nitrogens with zero attached hydrogens (tertiary/aromatic N) is 1. The number of aliphatic hydroxyl groups is 1. The average molecular weight is 495 g/mol. The first-order chi connectivity index (χ1) is 13.1. The van der Waals surface area contributed by atoms with Crippen molar-refractivity contribution in [3.8, 4) is 5.75 Å². The SMILES string of the molecule is CCNC(=NCC1(O)CCc2ccccc21)NCCc1ccc(OC)cc1.I. The van der Waals surface area contributed by atoms with Crippen molar-refractivity contribution in [2.24, 2.45) is 4.99 Å². The topological polar surface area (TPSA) is 65.9 Å². The number of aryl methyl sites for hydroxylation is 1. The number of halogens is 1. The highest BCUT2D eigenvalue weighted by molar-refractivity contribution is 14.0. The number of aliphatic imine (C=N–C) groups is 1. The van der Waals surface area contributed by atoms with Crippen LogP contribution in [0.2, 0.25) is 0 Å². The minimum absolute atomic E-state index is 0. The molecule has 1 aliphatic rings. The third-order valence-corrected chi connectivity index (χ3v) is 5.03. The summed E-state index contributed by atoms with van der Waals surface area (Å²) in [5, 5.41) is 17.7. The van der Waals surface area contributed by atoms with Gasteiger partial charge in [0.2, 0.25) is 0 Å². The predicted molar refractivity (Wildman–Crippen MR) is 125 cm³/mol. The average Bonchev–Trinajstić information content (AvgIpc) is 3.04. The molecule has 6 heteroatoms. The standard InChI is InChI=1S/C22H29N3O2.HI/c1-3-23-21(24-15-13-17-8-10-19(27-2)11-9-17)25-16-22(26)14-12-18-6-4-5-7-20(18)22;/h4-11,26H,3,12-16H2,1-2H3,(H2,23,24,25);1H. The molecule has 3 rings (SSSR count). The van der Waals surface area contributed by atoms with Crippen LogP contribution in [-0.2, 0) is 18.4 Å². The lowest BCUT2D eigenvalue weighted by molar-refractivity contribution is 0.0485. The van der Waals surface area contributed by atoms with E-state index in [0.29, 0.717) is 6.54 Å². The van der Waals surface area contributed by atoms with Gasteiger partial charge in [-0.2, -0.15) is 0 Å². The molecule has 1 aliphatic carbocycles. The van der Waals surface area contributed by atoms with Gasteiger partial charge in [0.05, 0.1) is 13.7 Å². The van der Waals surface area contributed by atoms with Gasteiger partial charge in [-0.15, -0.1) is 24.0 Å². The van der Waals surface area contributed by atoms with E-state index in [9.17, 15) is 5.11 Å². The predicted octanol–water partition coefficient (Wildman–Crippen LogP) is 3.24. The zero-order chi connectivity index (χ0) is 19.1. The summed E-state index contributed by atoms with van der Waals surface area (Å²) in [6, 6.07) is 16.2. The number of benzene rings is 2. The molecule has 0 radical (unpaired) electrons. The number of fused-ring (bicyclic) bond motifs is 1. The molecule has 152 valence electrons. The molecule has 0 aliphatic heterocycles. The van der Waals surface area contributed by atoms with Crippen LogP contribution in [0.5, 0.6) is 5.75 Å². The summed E-state index contributed by atoms with van der Waals surface area (Å²) in [6.07, 6.45) is 2.52. The van der Waals surface area contributed by atoms with E-state index in [-0.39, 0.29) is 24.0 Å². The first-order valence-electron chi connectivity index (χ1n) is 9.60. The maximum atomic E-state index is 11.0. The summed E-state index contributed by atoms with van der Waals surface area (Å²) in [7, 11) is 1.67. The third kappa shape index (κ3) is 5.61. The van der Waals surface area contributed by atoms with Gasteiger partial charge in [0.15, 0.2) is 5.96 Å². The van der Waals surface area contributed by atoms with E-state index in [1.165, 1.54) is 11.1 Å². The van der Waals surface area contributed by atoms with Crippen molar-refractivity contribution in [2.45, 2.75) is 31.8 Å². The van der Waals surface area contributed by atoms with Crippen molar-refractivity contribution in [2.75, 3.05) is 26.7 Å². The van der Waals surface area contributed by atoms with Crippen LogP contribution < -0.4 is 15.4 Å². The molecule has 3 N–H and O–H groups in total. The lowest BCUT2D eigenvalue weighted by Crippen LogP contribution is -2.39. The molecule has 1 unspecified atom stereocenters. The summed E-state index contributed by atoms with van der Waals surface area (Å²) in [4.78, 5) is 4.65. The number of hydrogen-bond acceptors (Lipinski definition) is 3. The highest BCUT2D eigenvalue weighted by Gasteiger charge is 2.36. The van der Waals surface area contributed by atoms with Crippen molar-refractivity contribution >= 4 is 29.9 Å². The van der Waals surface area contributed by atoms with E-state index < -0.39 is 5.60 Å². The Balaban J connectivity index is 0.00000280. The molecule has 0 aromatic heterocycles. The van der Waals surface area contributed by atoms with Crippen molar-refractivity contribution < 1.29 is 9.84 Å². The van der Waals surface area contributed by atoms with E-state index in [0.717, 1.165) is 49.6 Å². The van der Waals surface area contributed by atoms with E-state index in [2.05, 4.69) is 33.8 Å². The summed E-state index contributed by atoms with van der Waals surface area (Å²) < 4.78 is 5.19. The van der Waals surface area contributed by atoms with E-state index >= 15 is 0 Å². The fourth-order valence-electron chi connectivity index (χ4n) is 3.50. The Hall–Kier alpha value is -1.80. The van der Waals surface area contributed by atoms with Crippen LogP contribution in [0.3, 0.4) is 0 Å². The number of ether oxygens (including phenoxy) is 1. The molecule has 0 saturated carbocycles. The summed E-state index contributed by atoms with van der Waals surface area (Å²) in [5.41, 5.74) is 2.62. The molecule has 0 amide bonds. The molecular formula is C22H30IN3O2. The Morgan fingerprint density at radius 3 is 2.61 bits per heavy atom. The number of methoxy groups -OCH3 is 1. The highest BCUT2D eigenvalue weighted by Crippen LogP contribution is 2.36. The number of guanidine groups is 1. The normalized spacial score (nSPS) is 18.2. The van der Waals surface area contributed by atoms with Gasteiger partial charge in [-0.3, -0.25) is 0 Å². The maximum Gasteiger partial charge on any atom is 0.191 e. The van der Waals surface area contributed by atoms with Crippen LogP contribution in [0.25, 0.3) is 0 Å². The Kier molecular flexibility index (Phi) is 8.57. The van der Waals surface area contributed by atoms with Crippen LogP contribution in [0, 0.1) is 0 Å². The monoisotopic (exact) mass is 495 g/mol. The van der Waals surface area contributed by atoms with E-state index in [1.54, 1.807) is 7.11 Å². The lowest BCUT2D eigenvalue weighted by Gasteiger charge is -2.22. The summed E-state index contributed by atoms with van der Waals surface area (Å²) >= 11 is 0. The van der Waals surface area contributed by atoms with Gasteiger partial charge in [0.25, 0.3) is 0 Å². The molecule has 0 heterocycles. The molecule has 5 nitrogen and oxygen atoms in total. The van der Waals surface area contributed by atoms with Gasteiger partial charge in [-0.25, -0.2) is 4.99 Å². The Labute approximate surface area is 184 Å². The molecule has 0 fully saturated rings. The quantitative estimate of drug-likeness (QED) is 0.314.